The Morgan fingerprint density at radius 1 is 1.20 bits per heavy atom. The molecule has 0 bridgehead atoms. The summed E-state index contributed by atoms with van der Waals surface area (Å²) in [5, 5.41) is 10.8. The van der Waals surface area contributed by atoms with Crippen molar-refractivity contribution in [3.63, 3.8) is 0 Å². The van der Waals surface area contributed by atoms with Gasteiger partial charge in [0.25, 0.3) is 11.1 Å². The van der Waals surface area contributed by atoms with Gasteiger partial charge in [-0.05, 0) is 66.6 Å². The van der Waals surface area contributed by atoms with Crippen LogP contribution in [0, 0.1) is 0 Å². The van der Waals surface area contributed by atoms with Crippen LogP contribution in [0.4, 0.5) is 4.79 Å². The molecule has 1 aliphatic heterocycles. The average molecular weight is 464 g/mol. The van der Waals surface area contributed by atoms with Crippen molar-refractivity contribution in [2.75, 3.05) is 6.61 Å². The largest absolute Gasteiger partial charge is 0.504 e. The fraction of sp³-hybridized carbons (Fsp3) is 0.182. The Labute approximate surface area is 188 Å². The molecule has 3 rings (SSSR count). The number of amides is 2. The maximum Gasteiger partial charge on any atom is 0.293 e. The summed E-state index contributed by atoms with van der Waals surface area (Å²) >= 11 is 12.9. The van der Waals surface area contributed by atoms with E-state index < -0.39 is 5.91 Å². The summed E-state index contributed by atoms with van der Waals surface area (Å²) in [6, 6.07) is 8.29. The third kappa shape index (κ3) is 4.83. The second kappa shape index (κ2) is 9.60. The molecule has 2 aromatic carbocycles. The summed E-state index contributed by atoms with van der Waals surface area (Å²) in [7, 11) is 0. The van der Waals surface area contributed by atoms with Gasteiger partial charge in [0.1, 0.15) is 0 Å². The number of rotatable bonds is 7. The van der Waals surface area contributed by atoms with Crippen molar-refractivity contribution in [3.8, 4) is 11.5 Å². The Morgan fingerprint density at radius 2 is 1.97 bits per heavy atom. The summed E-state index contributed by atoms with van der Waals surface area (Å²) in [6.45, 7) is 5.94. The number of aromatic hydroxyl groups is 1. The molecule has 0 aromatic heterocycles. The lowest BCUT2D eigenvalue weighted by atomic mass is 10.1. The van der Waals surface area contributed by atoms with Gasteiger partial charge in [-0.1, -0.05) is 35.3 Å². The number of carbonyl (C=O) groups excluding carboxylic acids is 2. The molecule has 0 saturated carbocycles. The fourth-order valence-corrected chi connectivity index (χ4v) is 4.26. The van der Waals surface area contributed by atoms with Gasteiger partial charge in [-0.3, -0.25) is 14.5 Å². The number of carbonyl (C=O) groups is 2. The van der Waals surface area contributed by atoms with Crippen LogP contribution in [0.1, 0.15) is 23.6 Å². The standard InChI is InChI=1S/C22H19Cl2NO4S/c1-3-5-14-8-13(9-18(20(14)26)29-4-2)10-19-21(27)25(22(28)30-19)12-15-6-7-16(23)11-17(15)24/h3,6-11,26H,1,4-5,12H2,2H3/b19-10-. The van der Waals surface area contributed by atoms with Crippen molar-refractivity contribution < 1.29 is 19.4 Å². The normalized spacial score (nSPS) is 15.2. The summed E-state index contributed by atoms with van der Waals surface area (Å²) in [5.74, 6) is -0.0537. The molecule has 156 valence electrons. The summed E-state index contributed by atoms with van der Waals surface area (Å²) in [4.78, 5) is 26.7. The molecule has 1 fully saturated rings. The van der Waals surface area contributed by atoms with E-state index in [2.05, 4.69) is 6.58 Å². The molecule has 1 heterocycles. The second-order valence-corrected chi connectivity index (χ2v) is 8.29. The topological polar surface area (TPSA) is 66.8 Å². The van der Waals surface area contributed by atoms with Crippen LogP contribution >= 0.6 is 35.0 Å². The molecule has 2 aromatic rings. The summed E-state index contributed by atoms with van der Waals surface area (Å²) in [6.07, 6.45) is 3.71. The first-order chi connectivity index (χ1) is 14.3. The van der Waals surface area contributed by atoms with E-state index in [9.17, 15) is 14.7 Å². The molecule has 30 heavy (non-hydrogen) atoms. The van der Waals surface area contributed by atoms with E-state index in [1.807, 2.05) is 6.92 Å². The van der Waals surface area contributed by atoms with E-state index in [0.717, 1.165) is 16.7 Å². The van der Waals surface area contributed by atoms with E-state index in [1.165, 1.54) is 0 Å². The Hall–Kier alpha value is -2.41. The number of phenols is 1. The number of imide groups is 1. The average Bonchev–Trinajstić information content (AvgIpc) is 2.95. The Morgan fingerprint density at radius 3 is 2.63 bits per heavy atom. The molecule has 0 unspecified atom stereocenters. The Kier molecular flexibility index (Phi) is 7.13. The van der Waals surface area contributed by atoms with E-state index in [0.29, 0.717) is 45.5 Å². The molecule has 0 atom stereocenters. The SMILES string of the molecule is C=CCc1cc(/C=C2\SC(=O)N(Cc3ccc(Cl)cc3Cl)C2=O)cc(OCC)c1O. The van der Waals surface area contributed by atoms with Crippen LogP contribution in [0.25, 0.3) is 6.08 Å². The molecule has 1 aliphatic rings. The van der Waals surface area contributed by atoms with Crippen LogP contribution in [-0.2, 0) is 17.8 Å². The van der Waals surface area contributed by atoms with Gasteiger partial charge >= 0.3 is 0 Å². The maximum absolute atomic E-state index is 12.8. The second-order valence-electron chi connectivity index (χ2n) is 6.46. The smallest absolute Gasteiger partial charge is 0.293 e. The summed E-state index contributed by atoms with van der Waals surface area (Å²) < 4.78 is 5.49. The molecule has 1 N–H and O–H groups in total. The van der Waals surface area contributed by atoms with Gasteiger partial charge in [0.15, 0.2) is 11.5 Å². The van der Waals surface area contributed by atoms with Crippen LogP contribution in [0.2, 0.25) is 10.0 Å². The van der Waals surface area contributed by atoms with Crippen LogP contribution in [0.5, 0.6) is 11.5 Å². The highest BCUT2D eigenvalue weighted by molar-refractivity contribution is 8.18. The van der Waals surface area contributed by atoms with E-state index in [4.69, 9.17) is 27.9 Å². The van der Waals surface area contributed by atoms with Crippen molar-refractivity contribution in [3.05, 3.63) is 74.6 Å². The lowest BCUT2D eigenvalue weighted by Gasteiger charge is -2.14. The first kappa shape index (κ1) is 22.3. The Bertz CT molecular complexity index is 1050. The van der Waals surface area contributed by atoms with Gasteiger partial charge in [0.05, 0.1) is 18.1 Å². The molecule has 1 saturated heterocycles. The first-order valence-electron chi connectivity index (χ1n) is 9.13. The molecular weight excluding hydrogens is 445 g/mol. The van der Waals surface area contributed by atoms with Crippen molar-refractivity contribution in [1.82, 2.24) is 4.90 Å². The lowest BCUT2D eigenvalue weighted by molar-refractivity contribution is -0.123. The zero-order valence-electron chi connectivity index (χ0n) is 16.2. The number of hydrogen-bond donors (Lipinski definition) is 1. The predicted octanol–water partition coefficient (Wildman–Crippen LogP) is 6.06. The van der Waals surface area contributed by atoms with Crippen LogP contribution in [0.3, 0.4) is 0 Å². The van der Waals surface area contributed by atoms with Crippen LogP contribution < -0.4 is 4.74 Å². The van der Waals surface area contributed by atoms with Crippen LogP contribution in [-0.4, -0.2) is 27.8 Å². The van der Waals surface area contributed by atoms with E-state index in [-0.39, 0.29) is 22.4 Å². The third-order valence-corrected chi connectivity index (χ3v) is 5.85. The molecule has 5 nitrogen and oxygen atoms in total. The molecule has 8 heteroatoms. The minimum Gasteiger partial charge on any atom is -0.504 e. The monoisotopic (exact) mass is 463 g/mol. The number of thioether (sulfide) groups is 1. The Balaban J connectivity index is 1.90. The number of hydrogen-bond acceptors (Lipinski definition) is 5. The minimum absolute atomic E-state index is 0.0411. The quantitative estimate of drug-likeness (QED) is 0.399. The number of phenolic OH excluding ortho intramolecular Hbond substituents is 1. The van der Waals surface area contributed by atoms with Crippen molar-refractivity contribution >= 4 is 52.2 Å². The molecular formula is C22H19Cl2NO4S. The van der Waals surface area contributed by atoms with Gasteiger partial charge in [-0.2, -0.15) is 0 Å². The first-order valence-corrected chi connectivity index (χ1v) is 10.7. The number of halogens is 2. The lowest BCUT2D eigenvalue weighted by Crippen LogP contribution is -2.27. The van der Waals surface area contributed by atoms with Crippen molar-refractivity contribution in [2.24, 2.45) is 0 Å². The number of nitrogens with zero attached hydrogens (tertiary/aromatic N) is 1. The predicted molar refractivity (Wildman–Crippen MR) is 121 cm³/mol. The van der Waals surface area contributed by atoms with E-state index in [1.54, 1.807) is 42.5 Å². The number of allylic oxidation sites excluding steroid dienone is 1. The van der Waals surface area contributed by atoms with Gasteiger partial charge < -0.3 is 9.84 Å². The number of benzene rings is 2. The molecule has 2 amide bonds. The zero-order chi connectivity index (χ0) is 21.8. The minimum atomic E-state index is -0.410. The fourth-order valence-electron chi connectivity index (χ4n) is 2.96. The van der Waals surface area contributed by atoms with Gasteiger partial charge in [-0.15, -0.1) is 6.58 Å². The maximum atomic E-state index is 12.8. The highest BCUT2D eigenvalue weighted by Gasteiger charge is 2.35. The summed E-state index contributed by atoms with van der Waals surface area (Å²) in [5.41, 5.74) is 1.89. The molecule has 0 aliphatic carbocycles. The number of ether oxygens (including phenoxy) is 1. The molecule has 0 spiro atoms. The molecule has 0 radical (unpaired) electrons. The highest BCUT2D eigenvalue weighted by atomic mass is 35.5. The van der Waals surface area contributed by atoms with Gasteiger partial charge in [-0.25, -0.2) is 0 Å². The third-order valence-electron chi connectivity index (χ3n) is 4.36. The van der Waals surface area contributed by atoms with Crippen LogP contribution in [0.15, 0.2) is 47.9 Å². The van der Waals surface area contributed by atoms with Crippen molar-refractivity contribution in [1.29, 1.82) is 0 Å². The zero-order valence-corrected chi connectivity index (χ0v) is 18.5. The highest BCUT2D eigenvalue weighted by Crippen LogP contribution is 2.37. The van der Waals surface area contributed by atoms with E-state index >= 15 is 0 Å². The van der Waals surface area contributed by atoms with Gasteiger partial charge in [0, 0.05) is 15.6 Å². The van der Waals surface area contributed by atoms with Gasteiger partial charge in [0.2, 0.25) is 0 Å². The van der Waals surface area contributed by atoms with Crippen molar-refractivity contribution in [2.45, 2.75) is 19.9 Å².